The highest BCUT2D eigenvalue weighted by Gasteiger charge is 2.50. The molecular formula is C66H107NSi4. The van der Waals surface area contributed by atoms with Crippen molar-refractivity contribution in [2.75, 3.05) is 4.90 Å². The highest BCUT2D eigenvalue weighted by molar-refractivity contribution is 6.98. The van der Waals surface area contributed by atoms with E-state index in [0.717, 1.165) is 0 Å². The van der Waals surface area contributed by atoms with E-state index in [0.29, 0.717) is 61.0 Å². The maximum absolute atomic E-state index is 2.92. The second-order valence-electron chi connectivity index (χ2n) is 27.2. The minimum absolute atomic E-state index is 0.00744. The summed E-state index contributed by atoms with van der Waals surface area (Å²) in [5.41, 5.74) is 13.6. The van der Waals surface area contributed by atoms with Gasteiger partial charge in [0.25, 0.3) is 0 Å². The van der Waals surface area contributed by atoms with Crippen LogP contribution in [0.2, 0.25) is 61.0 Å². The summed E-state index contributed by atoms with van der Waals surface area (Å²) in [5, 5.41) is 12.2. The van der Waals surface area contributed by atoms with Gasteiger partial charge in [0.15, 0.2) is 0 Å². The molecule has 5 aromatic carbocycles. The molecule has 0 aliphatic rings. The highest BCUT2D eigenvalue weighted by atomic mass is 28.3. The minimum Gasteiger partial charge on any atom is -0.309 e. The van der Waals surface area contributed by atoms with Crippen LogP contribution in [-0.4, -0.2) is 33.0 Å². The lowest BCUT2D eigenvalue weighted by Crippen LogP contribution is -2.60. The Morgan fingerprint density at radius 3 is 1.25 bits per heavy atom. The van der Waals surface area contributed by atoms with Gasteiger partial charge in [-0.3, -0.25) is 0 Å². The molecule has 0 aliphatic heterocycles. The van der Waals surface area contributed by atoms with E-state index < -0.39 is 33.0 Å². The summed E-state index contributed by atoms with van der Waals surface area (Å²) in [7, 11) is -8.06. The van der Waals surface area contributed by atoms with Gasteiger partial charge in [-0.25, -0.2) is 0 Å². The molecule has 0 aliphatic carbocycles. The Hall–Kier alpha value is -2.71. The zero-order valence-electron chi connectivity index (χ0n) is 50.8. The van der Waals surface area contributed by atoms with Gasteiger partial charge in [-0.2, -0.15) is 0 Å². The molecule has 392 valence electrons. The largest absolute Gasteiger partial charge is 0.309 e. The molecule has 71 heavy (non-hydrogen) atoms. The smallest absolute Gasteiger partial charge is 0.0946 e. The molecule has 1 unspecified atom stereocenters. The second-order valence-corrected chi connectivity index (χ2v) is 49.1. The Balaban J connectivity index is 2.29. The van der Waals surface area contributed by atoms with Crippen molar-refractivity contribution < 1.29 is 0 Å². The summed E-state index contributed by atoms with van der Waals surface area (Å²) in [6, 6.07) is 33.9. The van der Waals surface area contributed by atoms with Crippen LogP contribution >= 0.6 is 0 Å². The predicted octanol–water partition coefficient (Wildman–Crippen LogP) is 19.8. The first-order valence-electron chi connectivity index (χ1n) is 29.0. The Bertz CT molecular complexity index is 2520. The molecular weight excluding hydrogens is 919 g/mol. The van der Waals surface area contributed by atoms with E-state index in [-0.39, 0.29) is 5.41 Å². The van der Waals surface area contributed by atoms with E-state index in [1.807, 2.05) is 0 Å². The third-order valence-corrected chi connectivity index (χ3v) is 44.3. The average Bonchev–Trinajstić information content (AvgIpc) is 3.24. The van der Waals surface area contributed by atoms with E-state index in [1.165, 1.54) is 62.6 Å². The average molecular weight is 1030 g/mol. The molecule has 0 spiro atoms. The van der Waals surface area contributed by atoms with Gasteiger partial charge in [-0.1, -0.05) is 255 Å². The van der Waals surface area contributed by atoms with Crippen LogP contribution in [0.3, 0.4) is 0 Å². The van der Waals surface area contributed by atoms with E-state index in [9.17, 15) is 0 Å². The van der Waals surface area contributed by atoms with Crippen molar-refractivity contribution in [2.45, 2.75) is 259 Å². The van der Waals surface area contributed by atoms with Gasteiger partial charge in [-0.05, 0) is 126 Å². The first-order valence-corrected chi connectivity index (χ1v) is 37.6. The Morgan fingerprint density at radius 2 is 0.845 bits per heavy atom. The van der Waals surface area contributed by atoms with Crippen LogP contribution in [-0.2, 0) is 5.41 Å². The molecule has 0 N–H and O–H groups in total. The van der Waals surface area contributed by atoms with Gasteiger partial charge in [0, 0.05) is 22.1 Å². The van der Waals surface area contributed by atoms with Crippen molar-refractivity contribution in [3.05, 3.63) is 90.0 Å². The normalized spacial score (nSPS) is 14.1. The molecule has 5 rings (SSSR count). The van der Waals surface area contributed by atoms with Crippen molar-refractivity contribution in [3.8, 4) is 0 Å². The van der Waals surface area contributed by atoms with Gasteiger partial charge in [0.05, 0.1) is 38.7 Å². The van der Waals surface area contributed by atoms with Crippen LogP contribution in [0.25, 0.3) is 21.5 Å². The fourth-order valence-corrected chi connectivity index (χ4v) is 41.7. The number of anilines is 3. The molecule has 0 radical (unpaired) electrons. The number of fused-ring (bicyclic) bond motifs is 2. The second kappa shape index (κ2) is 22.6. The molecule has 1 atom stereocenters. The number of hydrogen-bond acceptors (Lipinski definition) is 1. The van der Waals surface area contributed by atoms with Gasteiger partial charge >= 0.3 is 0 Å². The van der Waals surface area contributed by atoms with Crippen LogP contribution < -0.4 is 25.6 Å². The lowest BCUT2D eigenvalue weighted by Gasteiger charge is -2.48. The molecule has 0 bridgehead atoms. The predicted molar refractivity (Wildman–Crippen MR) is 338 cm³/mol. The monoisotopic (exact) mass is 1030 g/mol. The summed E-state index contributed by atoms with van der Waals surface area (Å²) in [6.07, 6.45) is 2.51. The van der Waals surface area contributed by atoms with E-state index in [2.05, 4.69) is 264 Å². The molecule has 0 fully saturated rings. The standard InChI is InChI=1S/C66H107NSi4/c1-27-30-52(22)71(50(18)19,51(20)21)60-39-56(38-59(41-60)70(47(12)13,48(14)15)49(16)17)67(65-63-32-29-28-31-61(63)53(23)62-34-33-54(35-64(62)65)66(24,25)26)55-36-57(68(42(2)3)43(4)5)40-58(37-55)69(44(6)7,45(8)9)46(10)11/h28-29,31-52,68H,27,30H2,1-26H3. The Morgan fingerprint density at radius 1 is 0.451 bits per heavy atom. The topological polar surface area (TPSA) is 3.24 Å². The summed E-state index contributed by atoms with van der Waals surface area (Å²) < 4.78 is 0. The van der Waals surface area contributed by atoms with E-state index in [4.69, 9.17) is 0 Å². The fraction of sp³-hybridized carbons (Fsp3) is 0.606. The van der Waals surface area contributed by atoms with Gasteiger partial charge in [-0.15, -0.1) is 0 Å². The maximum atomic E-state index is 2.92. The fourth-order valence-electron chi connectivity index (χ4n) is 16.9. The lowest BCUT2D eigenvalue weighted by atomic mass is 9.84. The maximum Gasteiger partial charge on any atom is 0.0946 e. The van der Waals surface area contributed by atoms with Crippen molar-refractivity contribution in [1.29, 1.82) is 0 Å². The number of nitrogens with zero attached hydrogens (tertiary/aromatic N) is 1. The van der Waals surface area contributed by atoms with Crippen molar-refractivity contribution in [1.82, 2.24) is 0 Å². The Kier molecular flexibility index (Phi) is 18.9. The van der Waals surface area contributed by atoms with Crippen molar-refractivity contribution in [2.24, 2.45) is 0 Å². The summed E-state index contributed by atoms with van der Waals surface area (Å²) in [4.78, 5) is 2.92. The van der Waals surface area contributed by atoms with Crippen LogP contribution in [0.1, 0.15) is 197 Å². The summed E-state index contributed by atoms with van der Waals surface area (Å²) in [5.74, 6) is 0. The molecule has 0 aromatic heterocycles. The third kappa shape index (κ3) is 10.4. The van der Waals surface area contributed by atoms with Gasteiger partial charge < -0.3 is 4.90 Å². The van der Waals surface area contributed by atoms with E-state index >= 15 is 0 Å². The molecule has 0 heterocycles. The first-order chi connectivity index (χ1) is 32.9. The van der Waals surface area contributed by atoms with Gasteiger partial charge in [0.1, 0.15) is 0 Å². The van der Waals surface area contributed by atoms with Crippen LogP contribution in [0.15, 0.2) is 78.9 Å². The summed E-state index contributed by atoms with van der Waals surface area (Å²) >= 11 is 0. The van der Waals surface area contributed by atoms with Crippen molar-refractivity contribution >= 4 is 92.4 Å². The zero-order valence-corrected chi connectivity index (χ0v) is 54.9. The Labute approximate surface area is 443 Å². The molecule has 0 saturated heterocycles. The molecule has 5 aromatic rings. The molecule has 1 nitrogen and oxygen atoms in total. The van der Waals surface area contributed by atoms with Crippen LogP contribution in [0, 0.1) is 6.92 Å². The van der Waals surface area contributed by atoms with Crippen LogP contribution in [0.5, 0.6) is 0 Å². The SMILES string of the molecule is CCCC(C)[Si](c1cc(N(c2cc([SiH](C(C)C)C(C)C)cc([Si](C(C)C)(C(C)C)C(C)C)c2)c2c3ccccc3c(C)c3ccc(C(C)(C)C)cc23)cc([Si](C(C)C)(C(C)C)C(C)C)c1)(C(C)C)C(C)C. The van der Waals surface area contributed by atoms with Crippen LogP contribution in [0.4, 0.5) is 17.1 Å². The molecule has 0 amide bonds. The van der Waals surface area contributed by atoms with E-state index in [1.54, 1.807) is 20.7 Å². The quantitative estimate of drug-likeness (QED) is 0.0555. The van der Waals surface area contributed by atoms with Crippen molar-refractivity contribution in [3.63, 3.8) is 0 Å². The number of rotatable bonds is 20. The number of aryl methyl sites for hydroxylation is 1. The third-order valence-electron chi connectivity index (χ3n) is 19.2. The zero-order chi connectivity index (χ0) is 53.6. The number of hydrogen-bond donors (Lipinski definition) is 0. The first kappa shape index (κ1) is 59.2. The van der Waals surface area contributed by atoms with Gasteiger partial charge in [0.2, 0.25) is 0 Å². The highest BCUT2D eigenvalue weighted by Crippen LogP contribution is 2.51. The summed E-state index contributed by atoms with van der Waals surface area (Å²) in [6.45, 7) is 66.3. The molecule has 0 saturated carbocycles. The number of benzene rings is 5. The lowest BCUT2D eigenvalue weighted by molar-refractivity contribution is 0.591. The molecule has 5 heteroatoms. The minimum atomic E-state index is -2.23.